The number of pyridine rings is 1. The second-order valence-corrected chi connectivity index (χ2v) is 9.03. The second kappa shape index (κ2) is 10.8. The van der Waals surface area contributed by atoms with Crippen LogP contribution in [0.3, 0.4) is 0 Å². The topological polar surface area (TPSA) is 127 Å². The van der Waals surface area contributed by atoms with E-state index < -0.39 is 16.1 Å². The fourth-order valence-electron chi connectivity index (χ4n) is 2.83. The van der Waals surface area contributed by atoms with Gasteiger partial charge in [0.1, 0.15) is 6.04 Å². The lowest BCUT2D eigenvalue weighted by molar-refractivity contribution is -0.122. The van der Waals surface area contributed by atoms with Crippen molar-refractivity contribution < 1.29 is 17.7 Å². The molecule has 2 aromatic heterocycles. The van der Waals surface area contributed by atoms with E-state index in [0.717, 1.165) is 16.5 Å². The van der Waals surface area contributed by atoms with Crippen LogP contribution in [-0.4, -0.2) is 36.0 Å². The minimum Gasteiger partial charge on any atom is -0.344 e. The highest BCUT2D eigenvalue weighted by Gasteiger charge is 2.25. The molecule has 3 rings (SSSR count). The third kappa shape index (κ3) is 6.82. The minimum absolute atomic E-state index is 0.0183. The Balaban J connectivity index is 1.54. The molecule has 168 valence electrons. The lowest BCUT2D eigenvalue weighted by atomic mass is 10.0. The molecular formula is C22H25N5O4S. The first-order chi connectivity index (χ1) is 15.3. The van der Waals surface area contributed by atoms with E-state index in [-0.39, 0.29) is 30.7 Å². The molecule has 0 radical (unpaired) electrons. The Morgan fingerprint density at radius 2 is 1.84 bits per heavy atom. The Morgan fingerprint density at radius 1 is 1.12 bits per heavy atom. The van der Waals surface area contributed by atoms with Crippen molar-refractivity contribution in [2.45, 2.75) is 26.3 Å². The average Bonchev–Trinajstić information content (AvgIpc) is 3.27. The molecule has 9 nitrogen and oxygen atoms in total. The summed E-state index contributed by atoms with van der Waals surface area (Å²) in [4.78, 5) is 20.8. The van der Waals surface area contributed by atoms with Gasteiger partial charge in [0.25, 0.3) is 0 Å². The van der Waals surface area contributed by atoms with Gasteiger partial charge in [-0.15, -0.1) is 0 Å². The van der Waals surface area contributed by atoms with Crippen molar-refractivity contribution in [3.63, 3.8) is 0 Å². The van der Waals surface area contributed by atoms with Gasteiger partial charge in [0, 0.05) is 36.3 Å². The molecule has 0 saturated carbocycles. The number of hydrogen-bond acceptors (Lipinski definition) is 7. The zero-order valence-electron chi connectivity index (χ0n) is 17.8. The number of nitrogens with zero attached hydrogens (tertiary/aromatic N) is 3. The summed E-state index contributed by atoms with van der Waals surface area (Å²) in [6, 6.07) is 12.1. The van der Waals surface area contributed by atoms with Gasteiger partial charge < -0.3 is 9.84 Å². The quantitative estimate of drug-likeness (QED) is 0.481. The van der Waals surface area contributed by atoms with Crippen LogP contribution in [0.4, 0.5) is 0 Å². The first kappa shape index (κ1) is 23.3. The van der Waals surface area contributed by atoms with Gasteiger partial charge in [0.15, 0.2) is 0 Å². The smallest absolute Gasteiger partial charge is 0.249 e. The van der Waals surface area contributed by atoms with Gasteiger partial charge in [0.05, 0.1) is 0 Å². The maximum atomic E-state index is 12.4. The van der Waals surface area contributed by atoms with Gasteiger partial charge in [-0.1, -0.05) is 49.3 Å². The highest BCUT2D eigenvalue weighted by Crippen LogP contribution is 2.23. The fourth-order valence-corrected chi connectivity index (χ4v) is 3.65. The lowest BCUT2D eigenvalue weighted by Crippen LogP contribution is -2.34. The van der Waals surface area contributed by atoms with Crippen molar-refractivity contribution in [1.82, 2.24) is 25.2 Å². The van der Waals surface area contributed by atoms with Gasteiger partial charge in [-0.3, -0.25) is 9.78 Å². The number of hydrogen-bond donors (Lipinski definition) is 2. The number of benzene rings is 1. The van der Waals surface area contributed by atoms with E-state index in [4.69, 9.17) is 4.52 Å². The van der Waals surface area contributed by atoms with Crippen LogP contribution in [0.5, 0.6) is 0 Å². The van der Waals surface area contributed by atoms with E-state index in [1.165, 1.54) is 6.08 Å². The van der Waals surface area contributed by atoms with Crippen molar-refractivity contribution >= 4 is 22.0 Å². The molecule has 3 aromatic rings. The number of rotatable bonds is 10. The predicted molar refractivity (Wildman–Crippen MR) is 120 cm³/mol. The Bertz CT molecular complexity index is 1150. The maximum absolute atomic E-state index is 12.4. The van der Waals surface area contributed by atoms with Crippen LogP contribution >= 0.6 is 0 Å². The van der Waals surface area contributed by atoms with Crippen LogP contribution in [0, 0.1) is 5.92 Å². The van der Waals surface area contributed by atoms with Crippen LogP contribution in [0.25, 0.3) is 17.5 Å². The summed E-state index contributed by atoms with van der Waals surface area (Å²) in [6.07, 6.45) is 4.71. The normalized spacial score (nSPS) is 12.8. The molecule has 1 aromatic carbocycles. The third-order valence-corrected chi connectivity index (χ3v) is 5.62. The molecule has 2 N–H and O–H groups in total. The molecule has 0 aliphatic carbocycles. The Labute approximate surface area is 187 Å². The van der Waals surface area contributed by atoms with E-state index in [1.807, 2.05) is 32.0 Å². The highest BCUT2D eigenvalue weighted by molar-refractivity contribution is 7.92. The number of aromatic nitrogens is 3. The monoisotopic (exact) mass is 455 g/mol. The molecule has 0 spiro atoms. The van der Waals surface area contributed by atoms with Crippen molar-refractivity contribution in [1.29, 1.82) is 0 Å². The number of nitrogens with one attached hydrogen (secondary N) is 2. The summed E-state index contributed by atoms with van der Waals surface area (Å²) in [7, 11) is -3.66. The minimum atomic E-state index is -3.66. The lowest BCUT2D eigenvalue weighted by Gasteiger charge is -2.18. The van der Waals surface area contributed by atoms with E-state index in [0.29, 0.717) is 5.82 Å². The van der Waals surface area contributed by atoms with Crippen molar-refractivity contribution in [3.05, 3.63) is 71.7 Å². The van der Waals surface area contributed by atoms with Crippen LogP contribution in [0.15, 0.2) is 64.8 Å². The number of carbonyl (C=O) groups excluding carboxylic acids is 1. The van der Waals surface area contributed by atoms with Crippen molar-refractivity contribution in [2.75, 3.05) is 6.54 Å². The average molecular weight is 456 g/mol. The molecule has 1 atom stereocenters. The van der Waals surface area contributed by atoms with Crippen LogP contribution in [0.2, 0.25) is 0 Å². The summed E-state index contributed by atoms with van der Waals surface area (Å²) >= 11 is 0. The molecule has 0 aliphatic heterocycles. The number of amides is 1. The number of carbonyl (C=O) groups is 1. The molecule has 32 heavy (non-hydrogen) atoms. The second-order valence-electron chi connectivity index (χ2n) is 7.38. The SMILES string of the molecule is CC(C)C(NC(=O)CCNS(=O)(=O)/C=C/c1ccccc1)c1nc(-c2ccncc2)no1. The largest absolute Gasteiger partial charge is 0.344 e. The zero-order valence-corrected chi connectivity index (χ0v) is 18.6. The highest BCUT2D eigenvalue weighted by atomic mass is 32.2. The van der Waals surface area contributed by atoms with E-state index in [1.54, 1.807) is 36.7 Å². The summed E-state index contributed by atoms with van der Waals surface area (Å²) in [5, 5.41) is 7.89. The Morgan fingerprint density at radius 3 is 2.53 bits per heavy atom. The van der Waals surface area contributed by atoms with E-state index >= 15 is 0 Å². The van der Waals surface area contributed by atoms with Crippen LogP contribution in [-0.2, 0) is 14.8 Å². The standard InChI is InChI=1S/C22H25N5O4S/c1-16(2)20(22-26-21(27-31-22)18-8-12-23-13-9-18)25-19(28)10-14-24-32(29,30)15-11-17-6-4-3-5-7-17/h3-9,11-13,15-16,20,24H,10,14H2,1-2H3,(H,25,28)/b15-11+. The molecular weight excluding hydrogens is 430 g/mol. The first-order valence-electron chi connectivity index (χ1n) is 10.1. The van der Waals surface area contributed by atoms with Crippen LogP contribution in [0.1, 0.15) is 37.8 Å². The Hall–Kier alpha value is -3.37. The van der Waals surface area contributed by atoms with Crippen molar-refractivity contribution in [2.24, 2.45) is 5.92 Å². The summed E-state index contributed by atoms with van der Waals surface area (Å²) in [5.41, 5.74) is 1.52. The zero-order chi connectivity index (χ0) is 23.0. The van der Waals surface area contributed by atoms with Crippen LogP contribution < -0.4 is 10.0 Å². The predicted octanol–water partition coefficient (Wildman–Crippen LogP) is 2.93. The summed E-state index contributed by atoms with van der Waals surface area (Å²) in [5.74, 6) is 0.337. The summed E-state index contributed by atoms with van der Waals surface area (Å²) in [6.45, 7) is 3.79. The molecule has 10 heteroatoms. The molecule has 1 amide bonds. The van der Waals surface area contributed by atoms with E-state index in [9.17, 15) is 13.2 Å². The van der Waals surface area contributed by atoms with Gasteiger partial charge in [-0.25, -0.2) is 13.1 Å². The molecule has 0 bridgehead atoms. The summed E-state index contributed by atoms with van der Waals surface area (Å²) < 4.78 is 32.0. The third-order valence-electron chi connectivity index (χ3n) is 4.52. The number of sulfonamides is 1. The fraction of sp³-hybridized carbons (Fsp3) is 0.273. The molecule has 0 fully saturated rings. The first-order valence-corrected chi connectivity index (χ1v) is 11.6. The van der Waals surface area contributed by atoms with E-state index in [2.05, 4.69) is 25.2 Å². The molecule has 1 unspecified atom stereocenters. The molecule has 0 aliphatic rings. The van der Waals surface area contributed by atoms with Gasteiger partial charge in [-0.05, 0) is 29.7 Å². The maximum Gasteiger partial charge on any atom is 0.249 e. The molecule has 2 heterocycles. The molecule has 0 saturated heterocycles. The van der Waals surface area contributed by atoms with Gasteiger partial charge >= 0.3 is 0 Å². The van der Waals surface area contributed by atoms with Gasteiger partial charge in [0.2, 0.25) is 27.6 Å². The van der Waals surface area contributed by atoms with Gasteiger partial charge in [-0.2, -0.15) is 4.98 Å². The Kier molecular flexibility index (Phi) is 7.85. The van der Waals surface area contributed by atoms with Crippen molar-refractivity contribution in [3.8, 4) is 11.4 Å².